The van der Waals surface area contributed by atoms with Crippen molar-refractivity contribution in [3.63, 3.8) is 0 Å². The summed E-state index contributed by atoms with van der Waals surface area (Å²) >= 11 is 0. The fourth-order valence-electron chi connectivity index (χ4n) is 2.11. The molecule has 0 atom stereocenters. The van der Waals surface area contributed by atoms with E-state index in [-0.39, 0.29) is 0 Å². The molecule has 3 N–H and O–H groups in total. The van der Waals surface area contributed by atoms with Gasteiger partial charge in [-0.05, 0) is 24.3 Å². The van der Waals surface area contributed by atoms with Crippen molar-refractivity contribution in [2.75, 3.05) is 27.1 Å². The second-order valence-electron chi connectivity index (χ2n) is 4.75. The molecule has 2 aromatic carbocycles. The van der Waals surface area contributed by atoms with Crippen LogP contribution < -0.4 is 25.4 Å². The number of hydrazone groups is 1. The molecular weight excluding hydrogens is 310 g/mol. The van der Waals surface area contributed by atoms with Crippen LogP contribution in [0.2, 0.25) is 0 Å². The Morgan fingerprint density at radius 2 is 1.71 bits per heavy atom. The topological polar surface area (TPSA) is 95.2 Å². The molecule has 0 spiro atoms. The lowest BCUT2D eigenvalue weighted by atomic mass is 10.2. The quantitative estimate of drug-likeness (QED) is 0.480. The van der Waals surface area contributed by atoms with Crippen LogP contribution in [-0.4, -0.2) is 33.5 Å². The molecular formula is C17H19N3O4. The van der Waals surface area contributed by atoms with Gasteiger partial charge in [0.1, 0.15) is 0 Å². The Balaban J connectivity index is 2.17. The lowest BCUT2D eigenvalue weighted by Crippen LogP contribution is -2.19. The summed E-state index contributed by atoms with van der Waals surface area (Å²) < 4.78 is 15.8. The van der Waals surface area contributed by atoms with E-state index in [0.717, 1.165) is 0 Å². The maximum Gasteiger partial charge on any atom is 0.273 e. The summed E-state index contributed by atoms with van der Waals surface area (Å²) in [6.45, 7) is 0. The maximum atomic E-state index is 12.0. The highest BCUT2D eigenvalue weighted by Gasteiger charge is 2.12. The monoisotopic (exact) mass is 329 g/mol. The van der Waals surface area contributed by atoms with Gasteiger partial charge in [-0.3, -0.25) is 4.79 Å². The van der Waals surface area contributed by atoms with Crippen LogP contribution in [0.25, 0.3) is 0 Å². The minimum absolute atomic E-state index is 0.361. The van der Waals surface area contributed by atoms with Crippen molar-refractivity contribution in [1.82, 2.24) is 5.43 Å². The van der Waals surface area contributed by atoms with E-state index in [2.05, 4.69) is 10.5 Å². The summed E-state index contributed by atoms with van der Waals surface area (Å²) in [7, 11) is 4.58. The Morgan fingerprint density at radius 1 is 1.08 bits per heavy atom. The van der Waals surface area contributed by atoms with Crippen molar-refractivity contribution in [1.29, 1.82) is 0 Å². The largest absolute Gasteiger partial charge is 0.493 e. The average Bonchev–Trinajstić information content (AvgIpc) is 2.60. The number of rotatable bonds is 6. The Morgan fingerprint density at radius 3 is 2.25 bits per heavy atom. The third-order valence-electron chi connectivity index (χ3n) is 3.27. The highest BCUT2D eigenvalue weighted by molar-refractivity contribution is 5.99. The molecule has 0 fully saturated rings. The van der Waals surface area contributed by atoms with Gasteiger partial charge in [0, 0.05) is 11.3 Å². The first-order valence-electron chi connectivity index (χ1n) is 7.08. The molecule has 2 aromatic rings. The van der Waals surface area contributed by atoms with Crippen LogP contribution in [0.5, 0.6) is 17.2 Å². The number of ether oxygens (including phenoxy) is 3. The van der Waals surface area contributed by atoms with Gasteiger partial charge in [0.15, 0.2) is 11.5 Å². The lowest BCUT2D eigenvalue weighted by molar-refractivity contribution is 0.0956. The highest BCUT2D eigenvalue weighted by atomic mass is 16.5. The number of hydrogen-bond donors (Lipinski definition) is 2. The zero-order chi connectivity index (χ0) is 17.5. The molecule has 7 heteroatoms. The molecule has 0 aromatic heterocycles. The number of nitrogen functional groups attached to an aromatic ring is 1. The molecule has 126 valence electrons. The Hall–Kier alpha value is -3.22. The Kier molecular flexibility index (Phi) is 5.62. The SMILES string of the molecule is COc1cc(/C=N\NC(=O)c2ccccc2N)cc(OC)c1OC. The summed E-state index contributed by atoms with van der Waals surface area (Å²) in [5, 5.41) is 3.93. The molecule has 0 heterocycles. The first kappa shape index (κ1) is 17.1. The van der Waals surface area contributed by atoms with Gasteiger partial charge in [0.25, 0.3) is 5.91 Å². The zero-order valence-electron chi connectivity index (χ0n) is 13.7. The summed E-state index contributed by atoms with van der Waals surface area (Å²) in [6.07, 6.45) is 1.47. The zero-order valence-corrected chi connectivity index (χ0v) is 13.7. The van der Waals surface area contributed by atoms with Crippen LogP contribution in [0.1, 0.15) is 15.9 Å². The van der Waals surface area contributed by atoms with Crippen molar-refractivity contribution in [2.24, 2.45) is 5.10 Å². The van der Waals surface area contributed by atoms with E-state index >= 15 is 0 Å². The van der Waals surface area contributed by atoms with Crippen molar-refractivity contribution < 1.29 is 19.0 Å². The molecule has 2 rings (SSSR count). The summed E-state index contributed by atoms with van der Waals surface area (Å²) in [5.41, 5.74) is 9.60. The molecule has 7 nitrogen and oxygen atoms in total. The van der Waals surface area contributed by atoms with Crippen LogP contribution in [0.4, 0.5) is 5.69 Å². The molecule has 0 saturated heterocycles. The van der Waals surface area contributed by atoms with Crippen molar-refractivity contribution in [2.45, 2.75) is 0 Å². The van der Waals surface area contributed by atoms with Crippen molar-refractivity contribution >= 4 is 17.8 Å². The minimum Gasteiger partial charge on any atom is -0.493 e. The third-order valence-corrected chi connectivity index (χ3v) is 3.27. The van der Waals surface area contributed by atoms with Gasteiger partial charge in [0.05, 0.1) is 33.1 Å². The van der Waals surface area contributed by atoms with Gasteiger partial charge in [-0.15, -0.1) is 0 Å². The molecule has 24 heavy (non-hydrogen) atoms. The van der Waals surface area contributed by atoms with Crippen molar-refractivity contribution in [3.05, 3.63) is 47.5 Å². The molecule has 0 aliphatic rings. The Bertz CT molecular complexity index is 734. The number of hydrogen-bond acceptors (Lipinski definition) is 6. The molecule has 0 aliphatic carbocycles. The summed E-state index contributed by atoms with van der Waals surface area (Å²) in [6, 6.07) is 10.2. The van der Waals surface area contributed by atoms with Crippen LogP contribution >= 0.6 is 0 Å². The van der Waals surface area contributed by atoms with Gasteiger partial charge < -0.3 is 19.9 Å². The predicted octanol–water partition coefficient (Wildman–Crippen LogP) is 2.06. The van der Waals surface area contributed by atoms with E-state index in [1.807, 2.05) is 0 Å². The number of nitrogens with one attached hydrogen (secondary N) is 1. The Labute approximate surface area is 140 Å². The molecule has 0 saturated carbocycles. The van der Waals surface area contributed by atoms with Crippen LogP contribution in [0.3, 0.4) is 0 Å². The summed E-state index contributed by atoms with van der Waals surface area (Å²) in [4.78, 5) is 12.0. The second-order valence-corrected chi connectivity index (χ2v) is 4.75. The average molecular weight is 329 g/mol. The van der Waals surface area contributed by atoms with E-state index in [4.69, 9.17) is 19.9 Å². The van der Waals surface area contributed by atoms with Crippen LogP contribution in [-0.2, 0) is 0 Å². The number of carbonyl (C=O) groups is 1. The number of anilines is 1. The number of nitrogens with zero attached hydrogens (tertiary/aromatic N) is 1. The van der Waals surface area contributed by atoms with E-state index in [0.29, 0.717) is 34.1 Å². The molecule has 0 radical (unpaired) electrons. The van der Waals surface area contributed by atoms with Crippen LogP contribution in [0, 0.1) is 0 Å². The first-order chi connectivity index (χ1) is 11.6. The first-order valence-corrected chi connectivity index (χ1v) is 7.08. The van der Waals surface area contributed by atoms with E-state index in [1.54, 1.807) is 36.4 Å². The van der Waals surface area contributed by atoms with Gasteiger partial charge >= 0.3 is 0 Å². The van der Waals surface area contributed by atoms with E-state index in [1.165, 1.54) is 27.5 Å². The third kappa shape index (κ3) is 3.75. The predicted molar refractivity (Wildman–Crippen MR) is 92.0 cm³/mol. The van der Waals surface area contributed by atoms with E-state index in [9.17, 15) is 4.79 Å². The lowest BCUT2D eigenvalue weighted by Gasteiger charge is -2.12. The molecule has 0 unspecified atom stereocenters. The van der Waals surface area contributed by atoms with Gasteiger partial charge in [-0.25, -0.2) is 5.43 Å². The van der Waals surface area contributed by atoms with E-state index < -0.39 is 5.91 Å². The molecule has 0 bridgehead atoms. The fraction of sp³-hybridized carbons (Fsp3) is 0.176. The number of carbonyl (C=O) groups excluding carboxylic acids is 1. The highest BCUT2D eigenvalue weighted by Crippen LogP contribution is 2.37. The second kappa shape index (κ2) is 7.87. The smallest absolute Gasteiger partial charge is 0.273 e. The normalized spacial score (nSPS) is 10.5. The molecule has 0 aliphatic heterocycles. The van der Waals surface area contributed by atoms with Gasteiger partial charge in [0.2, 0.25) is 5.75 Å². The number of benzene rings is 2. The number of para-hydroxylation sites is 1. The number of nitrogens with two attached hydrogens (primary N) is 1. The molecule has 1 amide bonds. The van der Waals surface area contributed by atoms with Crippen molar-refractivity contribution in [3.8, 4) is 17.2 Å². The standard InChI is InChI=1S/C17H19N3O4/c1-22-14-8-11(9-15(23-2)16(14)24-3)10-19-20-17(21)12-6-4-5-7-13(12)18/h4-10H,18H2,1-3H3,(H,20,21)/b19-10-. The van der Waals surface area contributed by atoms with Gasteiger partial charge in [-0.2, -0.15) is 5.10 Å². The fourth-order valence-corrected chi connectivity index (χ4v) is 2.11. The van der Waals surface area contributed by atoms with Crippen LogP contribution in [0.15, 0.2) is 41.5 Å². The number of methoxy groups -OCH3 is 3. The number of amides is 1. The maximum absolute atomic E-state index is 12.0. The summed E-state index contributed by atoms with van der Waals surface area (Å²) in [5.74, 6) is 1.09. The minimum atomic E-state index is -0.392. The van der Waals surface area contributed by atoms with Gasteiger partial charge in [-0.1, -0.05) is 12.1 Å².